The topological polar surface area (TPSA) is 103 Å². The Balaban J connectivity index is 1.85. The van der Waals surface area contributed by atoms with Crippen molar-refractivity contribution in [1.82, 2.24) is 14.8 Å². The molecule has 8 heteroatoms. The van der Waals surface area contributed by atoms with Crippen LogP contribution in [0.25, 0.3) is 0 Å². The highest BCUT2D eigenvalue weighted by atomic mass is 16.5. The first-order valence-corrected chi connectivity index (χ1v) is 12.3. The van der Waals surface area contributed by atoms with Gasteiger partial charge >= 0.3 is 5.97 Å². The molecule has 0 bridgehead atoms. The Morgan fingerprint density at radius 2 is 2.06 bits per heavy atom. The number of unbranched alkanes of at least 4 members (excludes halogenated alkanes) is 1. The van der Waals surface area contributed by atoms with Crippen molar-refractivity contribution in [3.63, 3.8) is 0 Å². The van der Waals surface area contributed by atoms with E-state index < -0.39 is 5.97 Å². The van der Waals surface area contributed by atoms with E-state index >= 15 is 0 Å². The summed E-state index contributed by atoms with van der Waals surface area (Å²) >= 11 is 0. The summed E-state index contributed by atoms with van der Waals surface area (Å²) in [5.74, 6) is 5.22. The lowest BCUT2D eigenvalue weighted by Crippen LogP contribution is -2.49. The predicted octanol–water partition coefficient (Wildman–Crippen LogP) is 3.28. The van der Waals surface area contributed by atoms with E-state index in [0.717, 1.165) is 18.4 Å². The summed E-state index contributed by atoms with van der Waals surface area (Å²) in [7, 11) is 1.97. The number of aromatic carboxylic acids is 1. The number of fused-ring (bicyclic) bond motifs is 1. The fourth-order valence-corrected chi connectivity index (χ4v) is 4.11. The smallest absolute Gasteiger partial charge is 0.335 e. The second-order valence-electron chi connectivity index (χ2n) is 9.45. The van der Waals surface area contributed by atoms with Crippen molar-refractivity contribution in [2.45, 2.75) is 52.3 Å². The summed E-state index contributed by atoms with van der Waals surface area (Å²) in [5, 5.41) is 18.9. The third kappa shape index (κ3) is 6.84. The predicted molar refractivity (Wildman–Crippen MR) is 137 cm³/mol. The third-order valence-corrected chi connectivity index (χ3v) is 6.27. The lowest BCUT2D eigenvalue weighted by atomic mass is 9.99. The minimum absolute atomic E-state index is 0.0289. The molecule has 0 saturated carbocycles. The molecular weight excluding hydrogens is 458 g/mol. The van der Waals surface area contributed by atoms with Crippen LogP contribution in [-0.2, 0) is 6.54 Å². The molecule has 3 rings (SSSR count). The highest BCUT2D eigenvalue weighted by Gasteiger charge is 2.34. The van der Waals surface area contributed by atoms with Gasteiger partial charge in [0.2, 0.25) is 5.88 Å². The van der Waals surface area contributed by atoms with E-state index in [0.29, 0.717) is 30.8 Å². The minimum Gasteiger partial charge on any atom is -0.478 e. The molecule has 0 unspecified atom stereocenters. The lowest BCUT2D eigenvalue weighted by Gasteiger charge is -2.37. The molecule has 1 aromatic heterocycles. The van der Waals surface area contributed by atoms with E-state index in [-0.39, 0.29) is 42.0 Å². The van der Waals surface area contributed by atoms with Crippen molar-refractivity contribution in [1.29, 1.82) is 0 Å². The number of hydrogen-bond donors (Lipinski definition) is 2. The number of aliphatic hydroxyl groups excluding tert-OH is 1. The number of likely N-dealkylation sites (N-methyl/N-ethyl adjacent to an activating group) is 1. The molecule has 1 aromatic carbocycles. The molecule has 8 nitrogen and oxygen atoms in total. The van der Waals surface area contributed by atoms with E-state index in [4.69, 9.17) is 9.84 Å². The van der Waals surface area contributed by atoms with Crippen molar-refractivity contribution >= 4 is 11.9 Å². The Labute approximate surface area is 212 Å². The van der Waals surface area contributed by atoms with Crippen molar-refractivity contribution < 1.29 is 24.5 Å². The number of aromatic nitrogens is 1. The Morgan fingerprint density at radius 3 is 2.69 bits per heavy atom. The minimum atomic E-state index is -0.950. The number of amides is 1. The van der Waals surface area contributed by atoms with Crippen molar-refractivity contribution in [2.24, 2.45) is 5.92 Å². The van der Waals surface area contributed by atoms with Gasteiger partial charge in [0.25, 0.3) is 5.91 Å². The van der Waals surface area contributed by atoms with Crippen LogP contribution in [0.5, 0.6) is 5.88 Å². The van der Waals surface area contributed by atoms with Gasteiger partial charge in [0.15, 0.2) is 0 Å². The second kappa shape index (κ2) is 12.5. The number of carboxylic acid groups (broad SMARTS) is 1. The van der Waals surface area contributed by atoms with E-state index in [1.807, 2.05) is 33.0 Å². The molecule has 0 saturated heterocycles. The first-order chi connectivity index (χ1) is 17.2. The van der Waals surface area contributed by atoms with Crippen molar-refractivity contribution in [3.05, 3.63) is 58.8 Å². The Kier molecular flexibility index (Phi) is 9.45. The molecule has 0 spiro atoms. The van der Waals surface area contributed by atoms with Crippen LogP contribution in [0.2, 0.25) is 0 Å². The molecule has 0 aliphatic carbocycles. The normalized spacial score (nSPS) is 18.4. The Bertz CT molecular complexity index is 1120. The van der Waals surface area contributed by atoms with Gasteiger partial charge in [0, 0.05) is 43.7 Å². The van der Waals surface area contributed by atoms with Crippen LogP contribution in [0.15, 0.2) is 36.5 Å². The summed E-state index contributed by atoms with van der Waals surface area (Å²) in [6.45, 7) is 7.37. The van der Waals surface area contributed by atoms with Crippen LogP contribution >= 0.6 is 0 Å². The van der Waals surface area contributed by atoms with E-state index in [2.05, 4.69) is 28.6 Å². The van der Waals surface area contributed by atoms with Crippen LogP contribution in [0, 0.1) is 17.8 Å². The molecule has 3 atom stereocenters. The third-order valence-electron chi connectivity index (χ3n) is 6.27. The average molecular weight is 494 g/mol. The molecular formula is C28H35N3O5. The van der Waals surface area contributed by atoms with Crippen LogP contribution in [0.3, 0.4) is 0 Å². The number of carbonyl (C=O) groups is 2. The molecule has 192 valence electrons. The van der Waals surface area contributed by atoms with Gasteiger partial charge in [0.1, 0.15) is 11.7 Å². The van der Waals surface area contributed by atoms with Gasteiger partial charge in [0.05, 0.1) is 18.2 Å². The number of carboxylic acids is 1. The maximum absolute atomic E-state index is 13.5. The van der Waals surface area contributed by atoms with Crippen molar-refractivity contribution in [2.75, 3.05) is 26.7 Å². The summed E-state index contributed by atoms with van der Waals surface area (Å²) in [6, 6.07) is 8.19. The highest BCUT2D eigenvalue weighted by Crippen LogP contribution is 2.27. The second-order valence-corrected chi connectivity index (χ2v) is 9.45. The fraction of sp³-hybridized carbons (Fsp3) is 0.464. The van der Waals surface area contributed by atoms with Gasteiger partial charge in [-0.05, 0) is 44.2 Å². The van der Waals surface area contributed by atoms with Crippen LogP contribution < -0.4 is 4.74 Å². The lowest BCUT2D eigenvalue weighted by molar-refractivity contribution is 0.0325. The SMILES string of the molecule is CCCC#Cc1cnc2c(c1)C(=O)N([C@@H](C)CO)C[C@H](C)[C@H](CN(C)Cc1ccc(C(=O)O)cc1)O2. The maximum Gasteiger partial charge on any atom is 0.335 e. The van der Waals surface area contributed by atoms with E-state index in [9.17, 15) is 14.7 Å². The Hall–Kier alpha value is -3.41. The molecule has 2 aromatic rings. The molecule has 2 N–H and O–H groups in total. The van der Waals surface area contributed by atoms with Crippen LogP contribution in [0.1, 0.15) is 65.5 Å². The van der Waals surface area contributed by atoms with Crippen LogP contribution in [0.4, 0.5) is 0 Å². The summed E-state index contributed by atoms with van der Waals surface area (Å²) in [5.41, 5.74) is 2.24. The molecule has 1 amide bonds. The Morgan fingerprint density at radius 1 is 1.33 bits per heavy atom. The molecule has 1 aliphatic heterocycles. The fourth-order valence-electron chi connectivity index (χ4n) is 4.11. The van der Waals surface area contributed by atoms with Gasteiger partial charge in [-0.2, -0.15) is 0 Å². The maximum atomic E-state index is 13.5. The van der Waals surface area contributed by atoms with Gasteiger partial charge < -0.3 is 19.8 Å². The monoisotopic (exact) mass is 493 g/mol. The number of pyridine rings is 1. The molecule has 0 fully saturated rings. The van der Waals surface area contributed by atoms with Gasteiger partial charge in [-0.25, -0.2) is 9.78 Å². The number of benzene rings is 1. The van der Waals surface area contributed by atoms with Gasteiger partial charge in [-0.15, -0.1) is 0 Å². The van der Waals surface area contributed by atoms with Crippen LogP contribution in [-0.4, -0.2) is 75.8 Å². The largest absolute Gasteiger partial charge is 0.478 e. The molecule has 0 radical (unpaired) electrons. The highest BCUT2D eigenvalue weighted by molar-refractivity contribution is 5.97. The molecule has 36 heavy (non-hydrogen) atoms. The number of rotatable bonds is 8. The summed E-state index contributed by atoms with van der Waals surface area (Å²) < 4.78 is 6.33. The number of nitrogens with zero attached hydrogens (tertiary/aromatic N) is 3. The summed E-state index contributed by atoms with van der Waals surface area (Å²) in [4.78, 5) is 32.8. The zero-order valence-corrected chi connectivity index (χ0v) is 21.4. The summed E-state index contributed by atoms with van der Waals surface area (Å²) in [6.07, 6.45) is 3.08. The van der Waals surface area contributed by atoms with Gasteiger partial charge in [-0.1, -0.05) is 37.8 Å². The van der Waals surface area contributed by atoms with Crippen molar-refractivity contribution in [3.8, 4) is 17.7 Å². The zero-order valence-electron chi connectivity index (χ0n) is 21.4. The first kappa shape index (κ1) is 27.2. The number of hydrogen-bond acceptors (Lipinski definition) is 6. The number of aliphatic hydroxyl groups is 1. The molecule has 2 heterocycles. The quantitative estimate of drug-likeness (QED) is 0.544. The zero-order chi connectivity index (χ0) is 26.2. The first-order valence-electron chi connectivity index (χ1n) is 12.3. The van der Waals surface area contributed by atoms with Gasteiger partial charge in [-0.3, -0.25) is 9.69 Å². The number of carbonyl (C=O) groups excluding carboxylic acids is 1. The standard InChI is InChI=1S/C28H35N3O5/c1-5-6-7-8-22-13-24-26(29-14-22)36-25(19(2)15-31(27(24)33)20(3)18-32)17-30(4)16-21-9-11-23(12-10-21)28(34)35/h9-14,19-20,25,32H,5-6,15-18H2,1-4H3,(H,34,35)/t19-,20-,25-/m0/s1. The number of ether oxygens (including phenoxy) is 1. The average Bonchev–Trinajstić information content (AvgIpc) is 2.86. The molecule has 1 aliphatic rings. The van der Waals surface area contributed by atoms with E-state index in [1.165, 1.54) is 0 Å². The van der Waals surface area contributed by atoms with E-state index in [1.54, 1.807) is 29.3 Å².